The number of anilines is 2. The predicted octanol–water partition coefficient (Wildman–Crippen LogP) is 3.01. The summed E-state index contributed by atoms with van der Waals surface area (Å²) in [5, 5.41) is 13.9. The van der Waals surface area contributed by atoms with Crippen LogP contribution in [0.1, 0.15) is 47.4 Å². The van der Waals surface area contributed by atoms with Crippen LogP contribution in [0.5, 0.6) is 0 Å². The van der Waals surface area contributed by atoms with Crippen LogP contribution < -0.4 is 10.6 Å². The highest BCUT2D eigenvalue weighted by Gasteiger charge is 2.48. The van der Waals surface area contributed by atoms with Crippen molar-refractivity contribution in [3.63, 3.8) is 0 Å². The molecule has 174 valence electrons. The van der Waals surface area contributed by atoms with Crippen molar-refractivity contribution in [1.29, 1.82) is 0 Å². The highest BCUT2D eigenvalue weighted by Crippen LogP contribution is 2.52. The molecule has 1 saturated carbocycles. The average Bonchev–Trinajstić information content (AvgIpc) is 3.20. The summed E-state index contributed by atoms with van der Waals surface area (Å²) in [6.45, 7) is 6.60. The topological polar surface area (TPSA) is 137 Å². The van der Waals surface area contributed by atoms with E-state index in [0.717, 1.165) is 22.4 Å². The third-order valence-electron chi connectivity index (χ3n) is 6.32. The molecule has 3 aromatic heterocycles. The zero-order valence-corrected chi connectivity index (χ0v) is 19.4. The molecule has 2 unspecified atom stereocenters. The summed E-state index contributed by atoms with van der Waals surface area (Å²) in [6, 6.07) is 5.84. The van der Waals surface area contributed by atoms with Gasteiger partial charge in [-0.15, -0.1) is 0 Å². The number of hydrogen-bond donors (Lipinski definition) is 2. The van der Waals surface area contributed by atoms with Crippen LogP contribution >= 0.6 is 0 Å². The first kappa shape index (κ1) is 21.7. The minimum Gasteiger partial charge on any atom is -0.345 e. The lowest BCUT2D eigenvalue weighted by Crippen LogP contribution is -2.24. The van der Waals surface area contributed by atoms with Gasteiger partial charge in [-0.3, -0.25) is 9.48 Å². The van der Waals surface area contributed by atoms with Crippen LogP contribution in [0, 0.1) is 18.8 Å². The summed E-state index contributed by atoms with van der Waals surface area (Å²) >= 11 is 0. The smallest absolute Gasteiger partial charge is 0.292 e. The fourth-order valence-corrected chi connectivity index (χ4v) is 3.97. The molecule has 1 fully saturated rings. The molecule has 1 amide bonds. The second-order valence-electron chi connectivity index (χ2n) is 8.68. The Morgan fingerprint density at radius 3 is 2.71 bits per heavy atom. The Hall–Kier alpha value is -4.15. The Balaban J connectivity index is 1.23. The van der Waals surface area contributed by atoms with Gasteiger partial charge in [0.25, 0.3) is 11.7 Å². The maximum Gasteiger partial charge on any atom is 0.292 e. The first-order valence-corrected chi connectivity index (χ1v) is 11.1. The summed E-state index contributed by atoms with van der Waals surface area (Å²) in [4.78, 5) is 29.7. The van der Waals surface area contributed by atoms with E-state index in [2.05, 4.69) is 54.7 Å². The van der Waals surface area contributed by atoms with E-state index in [1.165, 1.54) is 6.33 Å². The van der Waals surface area contributed by atoms with Crippen molar-refractivity contribution in [3.8, 4) is 11.4 Å². The SMILES string of the molecule is Cc1cc(-c2ncnc(Nc3cnn(C)c3)n2)ccc1CNC(=O)c1noc(C2C(C)C2C)n1. The number of nitrogens with zero attached hydrogens (tertiary/aromatic N) is 7. The maximum atomic E-state index is 12.5. The molecule has 2 N–H and O–H groups in total. The van der Waals surface area contributed by atoms with Gasteiger partial charge in [-0.1, -0.05) is 31.1 Å². The molecule has 11 heteroatoms. The standard InChI is InChI=1S/C23H25N9O2/c1-12-7-15(19-25-11-26-23(30-19)28-17-9-27-32(4)10-17)5-6-16(12)8-24-21(33)20-29-22(34-31-20)18-13(2)14(18)3/h5-7,9-11,13-14,18H,8H2,1-4H3,(H,24,33)(H,25,26,28,30). The molecule has 5 rings (SSSR count). The lowest BCUT2D eigenvalue weighted by molar-refractivity contribution is 0.0937. The normalized spacial score (nSPS) is 19.1. The summed E-state index contributed by atoms with van der Waals surface area (Å²) in [6.07, 6.45) is 4.99. The van der Waals surface area contributed by atoms with Crippen LogP contribution in [0.2, 0.25) is 0 Å². The lowest BCUT2D eigenvalue weighted by Gasteiger charge is -2.09. The molecule has 4 aromatic rings. The van der Waals surface area contributed by atoms with Gasteiger partial charge in [0, 0.05) is 31.3 Å². The van der Waals surface area contributed by atoms with Crippen LogP contribution in [0.15, 0.2) is 41.4 Å². The molecular weight excluding hydrogens is 434 g/mol. The summed E-state index contributed by atoms with van der Waals surface area (Å²) in [5.74, 6) is 2.48. The van der Waals surface area contributed by atoms with Gasteiger partial charge in [-0.05, 0) is 36.0 Å². The molecule has 0 saturated heterocycles. The van der Waals surface area contributed by atoms with E-state index in [4.69, 9.17) is 4.52 Å². The molecule has 11 nitrogen and oxygen atoms in total. The van der Waals surface area contributed by atoms with Crippen LogP contribution in [0.25, 0.3) is 11.4 Å². The highest BCUT2D eigenvalue weighted by molar-refractivity contribution is 5.90. The van der Waals surface area contributed by atoms with Gasteiger partial charge in [0.1, 0.15) is 6.33 Å². The molecule has 0 radical (unpaired) electrons. The first-order chi connectivity index (χ1) is 16.4. The lowest BCUT2D eigenvalue weighted by atomic mass is 10.0. The van der Waals surface area contributed by atoms with E-state index in [1.807, 2.05) is 38.4 Å². The van der Waals surface area contributed by atoms with Gasteiger partial charge in [0.2, 0.25) is 11.8 Å². The second kappa shape index (κ2) is 8.65. The van der Waals surface area contributed by atoms with Crippen molar-refractivity contribution in [3.05, 3.63) is 59.8 Å². The molecule has 34 heavy (non-hydrogen) atoms. The Morgan fingerprint density at radius 2 is 2.00 bits per heavy atom. The number of carbonyl (C=O) groups excluding carboxylic acids is 1. The summed E-state index contributed by atoms with van der Waals surface area (Å²) in [7, 11) is 1.84. The molecule has 2 atom stereocenters. The van der Waals surface area contributed by atoms with Gasteiger partial charge in [0.15, 0.2) is 5.82 Å². The number of nitrogens with one attached hydrogen (secondary N) is 2. The molecule has 0 aliphatic heterocycles. The number of aryl methyl sites for hydroxylation is 2. The van der Waals surface area contributed by atoms with Crippen LogP contribution in [-0.2, 0) is 13.6 Å². The van der Waals surface area contributed by atoms with E-state index in [0.29, 0.717) is 36.0 Å². The second-order valence-corrected chi connectivity index (χ2v) is 8.68. The van der Waals surface area contributed by atoms with E-state index in [9.17, 15) is 4.79 Å². The largest absolute Gasteiger partial charge is 0.345 e. The Labute approximate surface area is 196 Å². The molecule has 1 aromatic carbocycles. The maximum absolute atomic E-state index is 12.5. The minimum absolute atomic E-state index is 0.0643. The van der Waals surface area contributed by atoms with Crippen molar-refractivity contribution in [2.75, 3.05) is 5.32 Å². The zero-order chi connectivity index (χ0) is 23.8. The van der Waals surface area contributed by atoms with Crippen molar-refractivity contribution in [1.82, 2.24) is 40.2 Å². The zero-order valence-electron chi connectivity index (χ0n) is 19.4. The van der Waals surface area contributed by atoms with Crippen LogP contribution in [0.4, 0.5) is 11.6 Å². The van der Waals surface area contributed by atoms with E-state index in [-0.39, 0.29) is 17.6 Å². The number of carbonyl (C=O) groups is 1. The number of aromatic nitrogens is 7. The number of hydrogen-bond acceptors (Lipinski definition) is 9. The van der Waals surface area contributed by atoms with Gasteiger partial charge in [0.05, 0.1) is 11.9 Å². The van der Waals surface area contributed by atoms with Crippen LogP contribution in [-0.4, -0.2) is 40.8 Å². The van der Waals surface area contributed by atoms with Gasteiger partial charge >= 0.3 is 0 Å². The van der Waals surface area contributed by atoms with Gasteiger partial charge in [-0.25, -0.2) is 9.97 Å². The number of benzene rings is 1. The van der Waals surface area contributed by atoms with Crippen LogP contribution in [0.3, 0.4) is 0 Å². The Kier molecular flexibility index (Phi) is 5.52. The van der Waals surface area contributed by atoms with Gasteiger partial charge < -0.3 is 15.2 Å². The summed E-state index contributed by atoms with van der Waals surface area (Å²) in [5.41, 5.74) is 3.60. The molecular formula is C23H25N9O2. The molecule has 3 heterocycles. The molecule has 1 aliphatic rings. The molecule has 0 bridgehead atoms. The number of amides is 1. The molecule has 0 spiro atoms. The Morgan fingerprint density at radius 1 is 1.18 bits per heavy atom. The first-order valence-electron chi connectivity index (χ1n) is 11.1. The average molecular weight is 460 g/mol. The van der Waals surface area contributed by atoms with Crippen molar-refractivity contribution in [2.24, 2.45) is 18.9 Å². The number of rotatable bonds is 7. The third-order valence-corrected chi connectivity index (χ3v) is 6.32. The van der Waals surface area contributed by atoms with Crippen molar-refractivity contribution in [2.45, 2.75) is 33.2 Å². The van der Waals surface area contributed by atoms with E-state index >= 15 is 0 Å². The highest BCUT2D eigenvalue weighted by atomic mass is 16.5. The quantitative estimate of drug-likeness (QED) is 0.427. The van der Waals surface area contributed by atoms with Gasteiger partial charge in [-0.2, -0.15) is 15.1 Å². The monoisotopic (exact) mass is 459 g/mol. The van der Waals surface area contributed by atoms with E-state index in [1.54, 1.807) is 10.9 Å². The van der Waals surface area contributed by atoms with Crippen molar-refractivity contribution < 1.29 is 9.32 Å². The van der Waals surface area contributed by atoms with E-state index < -0.39 is 0 Å². The molecule has 1 aliphatic carbocycles. The predicted molar refractivity (Wildman–Crippen MR) is 123 cm³/mol. The Bertz CT molecular complexity index is 1340. The summed E-state index contributed by atoms with van der Waals surface area (Å²) < 4.78 is 6.98. The van der Waals surface area contributed by atoms with Crippen molar-refractivity contribution >= 4 is 17.5 Å². The fourth-order valence-electron chi connectivity index (χ4n) is 3.97. The minimum atomic E-state index is -0.358. The fraction of sp³-hybridized carbons (Fsp3) is 0.348. The third kappa shape index (κ3) is 4.36.